The molecule has 0 amide bonds. The lowest BCUT2D eigenvalue weighted by molar-refractivity contribution is 0.287. The maximum atomic E-state index is 8.63. The number of aliphatic imine (C=N–C) groups is 1. The Hall–Kier alpha value is -0.0600. The molecule has 0 aliphatic heterocycles. The first-order valence-corrected chi connectivity index (χ1v) is 7.22. The first kappa shape index (κ1) is 15.9. The number of aliphatic hydroxyl groups excluding tert-OH is 1. The van der Waals surface area contributed by atoms with Crippen LogP contribution in [0.3, 0.4) is 0 Å². The van der Waals surface area contributed by atoms with E-state index in [-0.39, 0.29) is 0 Å². The van der Waals surface area contributed by atoms with Gasteiger partial charge in [-0.1, -0.05) is 0 Å². The Labute approximate surface area is 104 Å². The van der Waals surface area contributed by atoms with Gasteiger partial charge in [0.15, 0.2) is 0 Å². The van der Waals surface area contributed by atoms with Gasteiger partial charge in [-0.05, 0) is 39.4 Å². The third-order valence-electron chi connectivity index (χ3n) is 2.10. The minimum absolute atomic E-state index is 0.322. The smallest absolute Gasteiger partial charge is 0.0513 e. The van der Waals surface area contributed by atoms with Crippen molar-refractivity contribution in [3.8, 4) is 0 Å². The number of aliphatic hydroxyl groups is 1. The van der Waals surface area contributed by atoms with Crippen LogP contribution in [-0.4, -0.2) is 48.1 Å². The fourth-order valence-corrected chi connectivity index (χ4v) is 2.27. The molecule has 0 radical (unpaired) electrons. The summed E-state index contributed by atoms with van der Waals surface area (Å²) in [6.45, 7) is 8.43. The molecule has 0 heterocycles. The van der Waals surface area contributed by atoms with Crippen LogP contribution in [0, 0.1) is 0 Å². The van der Waals surface area contributed by atoms with Gasteiger partial charge in [-0.15, -0.1) is 0 Å². The van der Waals surface area contributed by atoms with E-state index in [9.17, 15) is 0 Å². The Morgan fingerprint density at radius 3 is 2.75 bits per heavy atom. The summed E-state index contributed by atoms with van der Waals surface area (Å²) in [5, 5.41) is 12.1. The second-order valence-electron chi connectivity index (χ2n) is 4.19. The third-order valence-corrected chi connectivity index (χ3v) is 3.41. The van der Waals surface area contributed by atoms with E-state index in [1.807, 2.05) is 25.6 Å². The molecule has 0 fully saturated rings. The van der Waals surface area contributed by atoms with E-state index in [4.69, 9.17) is 5.11 Å². The van der Waals surface area contributed by atoms with Gasteiger partial charge in [-0.2, -0.15) is 11.8 Å². The molecular formula is C12H26N2OS. The highest BCUT2D eigenvalue weighted by atomic mass is 32.2. The highest BCUT2D eigenvalue weighted by Gasteiger charge is 2.00. The van der Waals surface area contributed by atoms with Crippen molar-refractivity contribution in [1.82, 2.24) is 5.32 Å². The van der Waals surface area contributed by atoms with Crippen LogP contribution in [0.15, 0.2) is 4.99 Å². The van der Waals surface area contributed by atoms with E-state index in [1.54, 1.807) is 0 Å². The van der Waals surface area contributed by atoms with Crippen molar-refractivity contribution in [1.29, 1.82) is 0 Å². The quantitative estimate of drug-likeness (QED) is 0.457. The first-order valence-electron chi connectivity index (χ1n) is 6.06. The number of rotatable bonds is 10. The summed E-state index contributed by atoms with van der Waals surface area (Å²) in [5.41, 5.74) is 1.15. The highest BCUT2D eigenvalue weighted by Crippen LogP contribution is 2.06. The molecule has 96 valence electrons. The molecule has 4 heteroatoms. The average Bonchev–Trinajstić information content (AvgIpc) is 2.24. The maximum absolute atomic E-state index is 8.63. The zero-order valence-corrected chi connectivity index (χ0v) is 11.6. The van der Waals surface area contributed by atoms with E-state index in [0.29, 0.717) is 12.6 Å². The van der Waals surface area contributed by atoms with E-state index in [0.717, 1.165) is 43.1 Å². The number of hydrogen-bond donors (Lipinski definition) is 2. The molecule has 16 heavy (non-hydrogen) atoms. The summed E-state index contributed by atoms with van der Waals surface area (Å²) < 4.78 is 0. The highest BCUT2D eigenvalue weighted by molar-refractivity contribution is 7.99. The zero-order valence-electron chi connectivity index (χ0n) is 10.8. The van der Waals surface area contributed by atoms with Crippen LogP contribution in [0.5, 0.6) is 0 Å². The van der Waals surface area contributed by atoms with Crippen molar-refractivity contribution in [2.24, 2.45) is 4.99 Å². The van der Waals surface area contributed by atoms with Crippen molar-refractivity contribution in [2.45, 2.75) is 39.7 Å². The summed E-state index contributed by atoms with van der Waals surface area (Å²) in [4.78, 5) is 4.34. The van der Waals surface area contributed by atoms with Crippen molar-refractivity contribution < 1.29 is 5.11 Å². The zero-order chi connectivity index (χ0) is 12.2. The molecule has 3 nitrogen and oxygen atoms in total. The summed E-state index contributed by atoms with van der Waals surface area (Å²) in [7, 11) is 0. The number of hydrogen-bond acceptors (Lipinski definition) is 4. The summed E-state index contributed by atoms with van der Waals surface area (Å²) in [6.07, 6.45) is 2.05. The fraction of sp³-hybridized carbons (Fsp3) is 0.917. The van der Waals surface area contributed by atoms with E-state index < -0.39 is 0 Å². The van der Waals surface area contributed by atoms with Crippen LogP contribution in [0.4, 0.5) is 0 Å². The molecule has 1 atom stereocenters. The largest absolute Gasteiger partial charge is 0.396 e. The standard InChI is InChI=1S/C12H26N2OS/c1-11(2)13-6-7-14-12(3)10-16-9-5-4-8-15/h12,14-15H,4-10H2,1-3H3. The van der Waals surface area contributed by atoms with Crippen LogP contribution in [0.2, 0.25) is 0 Å². The third kappa shape index (κ3) is 12.0. The number of unbranched alkanes of at least 4 members (excludes halogenated alkanes) is 1. The van der Waals surface area contributed by atoms with E-state index >= 15 is 0 Å². The fourth-order valence-electron chi connectivity index (χ4n) is 1.23. The van der Waals surface area contributed by atoms with Gasteiger partial charge >= 0.3 is 0 Å². The Morgan fingerprint density at radius 2 is 2.12 bits per heavy atom. The minimum atomic E-state index is 0.322. The van der Waals surface area contributed by atoms with Gasteiger partial charge < -0.3 is 10.4 Å². The average molecular weight is 246 g/mol. The molecule has 0 saturated heterocycles. The Bertz CT molecular complexity index is 182. The molecule has 0 aromatic carbocycles. The van der Waals surface area contributed by atoms with Crippen LogP contribution in [0.1, 0.15) is 33.6 Å². The summed E-state index contributed by atoms with van der Waals surface area (Å²) in [5.74, 6) is 2.29. The molecule has 0 saturated carbocycles. The number of thioether (sulfide) groups is 1. The number of nitrogens with zero attached hydrogens (tertiary/aromatic N) is 1. The van der Waals surface area contributed by atoms with Crippen LogP contribution >= 0.6 is 11.8 Å². The van der Waals surface area contributed by atoms with E-state index in [2.05, 4.69) is 17.2 Å². The Balaban J connectivity index is 3.24. The van der Waals surface area contributed by atoms with Crippen LogP contribution < -0.4 is 5.32 Å². The number of nitrogens with one attached hydrogen (secondary N) is 1. The normalized spacial score (nSPS) is 12.5. The van der Waals surface area contributed by atoms with Gasteiger partial charge in [0.2, 0.25) is 0 Å². The molecule has 0 spiro atoms. The predicted octanol–water partition coefficient (Wildman–Crippen LogP) is 1.95. The molecule has 0 rings (SSSR count). The predicted molar refractivity (Wildman–Crippen MR) is 74.8 cm³/mol. The van der Waals surface area contributed by atoms with Gasteiger partial charge in [-0.3, -0.25) is 4.99 Å². The summed E-state index contributed by atoms with van der Waals surface area (Å²) >= 11 is 1.96. The molecule has 2 N–H and O–H groups in total. The first-order chi connectivity index (χ1) is 7.66. The molecule has 0 aromatic heterocycles. The second-order valence-corrected chi connectivity index (χ2v) is 5.34. The second kappa shape index (κ2) is 11.4. The lowest BCUT2D eigenvalue weighted by Crippen LogP contribution is -2.30. The molecule has 0 aromatic rings. The van der Waals surface area contributed by atoms with E-state index in [1.165, 1.54) is 0 Å². The van der Waals surface area contributed by atoms with Crippen LogP contribution in [-0.2, 0) is 0 Å². The molecule has 1 unspecified atom stereocenters. The Morgan fingerprint density at radius 1 is 1.38 bits per heavy atom. The van der Waals surface area contributed by atoms with Gasteiger partial charge in [0.05, 0.1) is 6.54 Å². The van der Waals surface area contributed by atoms with Gasteiger partial charge in [0.1, 0.15) is 0 Å². The van der Waals surface area contributed by atoms with Gasteiger partial charge in [-0.25, -0.2) is 0 Å². The van der Waals surface area contributed by atoms with Crippen molar-refractivity contribution in [2.75, 3.05) is 31.2 Å². The molecule has 0 aliphatic rings. The van der Waals surface area contributed by atoms with Crippen molar-refractivity contribution in [3.63, 3.8) is 0 Å². The molecule has 0 bridgehead atoms. The Kier molecular flexibility index (Phi) is 11.4. The monoisotopic (exact) mass is 246 g/mol. The molecular weight excluding hydrogens is 220 g/mol. The van der Waals surface area contributed by atoms with Gasteiger partial charge in [0, 0.05) is 30.7 Å². The molecule has 0 aliphatic carbocycles. The van der Waals surface area contributed by atoms with Crippen molar-refractivity contribution in [3.05, 3.63) is 0 Å². The lowest BCUT2D eigenvalue weighted by atomic mass is 10.4. The van der Waals surface area contributed by atoms with Gasteiger partial charge in [0.25, 0.3) is 0 Å². The summed E-state index contributed by atoms with van der Waals surface area (Å²) in [6, 6.07) is 0.548. The van der Waals surface area contributed by atoms with Crippen molar-refractivity contribution >= 4 is 17.5 Å². The topological polar surface area (TPSA) is 44.6 Å². The minimum Gasteiger partial charge on any atom is -0.396 e. The SMILES string of the molecule is CC(C)=NCCNC(C)CSCCCCO. The lowest BCUT2D eigenvalue weighted by Gasteiger charge is -2.12. The van der Waals surface area contributed by atoms with Crippen LogP contribution in [0.25, 0.3) is 0 Å². The maximum Gasteiger partial charge on any atom is 0.0513 e.